The highest BCUT2D eigenvalue weighted by atomic mass is 127. The quantitative estimate of drug-likeness (QED) is 0.187. The maximum Gasteiger partial charge on any atom is 0.191 e. The van der Waals surface area contributed by atoms with E-state index >= 15 is 0 Å². The summed E-state index contributed by atoms with van der Waals surface area (Å²) >= 11 is 0. The fourth-order valence-electron chi connectivity index (χ4n) is 3.37. The third-order valence-electron chi connectivity index (χ3n) is 5.23. The van der Waals surface area contributed by atoms with E-state index in [4.69, 9.17) is 9.47 Å². The number of benzene rings is 1. The fraction of sp³-hybridized carbons (Fsp3) is 0.696. The van der Waals surface area contributed by atoms with Gasteiger partial charge in [-0.05, 0) is 37.3 Å². The molecule has 1 fully saturated rings. The third kappa shape index (κ3) is 11.2. The molecule has 1 heterocycles. The Kier molecular flexibility index (Phi) is 14.4. The lowest BCUT2D eigenvalue weighted by Gasteiger charge is -2.22. The highest BCUT2D eigenvalue weighted by molar-refractivity contribution is 14.0. The van der Waals surface area contributed by atoms with E-state index in [0.29, 0.717) is 18.8 Å². The van der Waals surface area contributed by atoms with E-state index in [1.54, 1.807) is 0 Å². The molecule has 1 unspecified atom stereocenters. The van der Waals surface area contributed by atoms with Crippen LogP contribution in [-0.2, 0) is 22.6 Å². The predicted molar refractivity (Wildman–Crippen MR) is 132 cm³/mol. The standard InChI is InChI=1S/C23H39N3O2.HI/c1-4-5-6-7-8-19(2)26-23(24-3)25-17-20-9-11-21(12-10-20)18-28-22-13-15-27-16-14-22;/h9-12,19,22H,4-8,13-18H2,1-3H3,(H2,24,25,26);1H. The molecule has 1 atom stereocenters. The van der Waals surface area contributed by atoms with Gasteiger partial charge in [0.05, 0.1) is 12.7 Å². The second-order valence-corrected chi connectivity index (χ2v) is 7.76. The lowest BCUT2D eigenvalue weighted by atomic mass is 10.1. The summed E-state index contributed by atoms with van der Waals surface area (Å²) in [6, 6.07) is 9.08. The van der Waals surface area contributed by atoms with Crippen molar-refractivity contribution in [3.05, 3.63) is 35.4 Å². The maximum absolute atomic E-state index is 5.99. The van der Waals surface area contributed by atoms with Crippen molar-refractivity contribution >= 4 is 29.9 Å². The number of hydrogen-bond acceptors (Lipinski definition) is 3. The van der Waals surface area contributed by atoms with Crippen molar-refractivity contribution in [2.75, 3.05) is 20.3 Å². The highest BCUT2D eigenvalue weighted by Crippen LogP contribution is 2.14. The van der Waals surface area contributed by atoms with Crippen LogP contribution in [0.5, 0.6) is 0 Å². The summed E-state index contributed by atoms with van der Waals surface area (Å²) in [6.45, 7) is 7.57. The number of unbranched alkanes of at least 4 members (excludes halogenated alkanes) is 3. The number of ether oxygens (including phenoxy) is 2. The van der Waals surface area contributed by atoms with Crippen molar-refractivity contribution in [2.45, 2.75) is 84.1 Å². The fourth-order valence-corrected chi connectivity index (χ4v) is 3.37. The van der Waals surface area contributed by atoms with Gasteiger partial charge in [-0.2, -0.15) is 0 Å². The van der Waals surface area contributed by atoms with Crippen LogP contribution in [0.1, 0.15) is 69.9 Å². The highest BCUT2D eigenvalue weighted by Gasteiger charge is 2.13. The van der Waals surface area contributed by atoms with Crippen LogP contribution in [-0.4, -0.2) is 38.4 Å². The van der Waals surface area contributed by atoms with E-state index in [9.17, 15) is 0 Å². The summed E-state index contributed by atoms with van der Waals surface area (Å²) in [6.07, 6.45) is 8.74. The Morgan fingerprint density at radius 3 is 2.48 bits per heavy atom. The predicted octanol–water partition coefficient (Wildman–Crippen LogP) is 5.02. The molecular formula is C23H40IN3O2. The van der Waals surface area contributed by atoms with Gasteiger partial charge in [0.15, 0.2) is 5.96 Å². The maximum atomic E-state index is 5.99. The van der Waals surface area contributed by atoms with Gasteiger partial charge in [-0.1, -0.05) is 56.9 Å². The second kappa shape index (κ2) is 15.9. The molecule has 0 bridgehead atoms. The Labute approximate surface area is 194 Å². The van der Waals surface area contributed by atoms with Crippen molar-refractivity contribution in [1.29, 1.82) is 0 Å². The molecule has 6 heteroatoms. The molecular weight excluding hydrogens is 477 g/mol. The first kappa shape index (κ1) is 26.2. The molecule has 0 saturated carbocycles. The van der Waals surface area contributed by atoms with E-state index in [-0.39, 0.29) is 24.0 Å². The Hall–Kier alpha value is -0.860. The van der Waals surface area contributed by atoms with Gasteiger partial charge >= 0.3 is 0 Å². The Morgan fingerprint density at radius 1 is 1.14 bits per heavy atom. The zero-order valence-corrected chi connectivity index (χ0v) is 20.7. The zero-order valence-electron chi connectivity index (χ0n) is 18.4. The lowest BCUT2D eigenvalue weighted by molar-refractivity contribution is -0.0390. The van der Waals surface area contributed by atoms with Crippen LogP contribution in [0.2, 0.25) is 0 Å². The number of rotatable bonds is 11. The van der Waals surface area contributed by atoms with Crippen LogP contribution in [0, 0.1) is 0 Å². The van der Waals surface area contributed by atoms with E-state index < -0.39 is 0 Å². The van der Waals surface area contributed by atoms with E-state index in [2.05, 4.69) is 53.7 Å². The summed E-state index contributed by atoms with van der Waals surface area (Å²) in [5.74, 6) is 0.870. The average molecular weight is 517 g/mol. The second-order valence-electron chi connectivity index (χ2n) is 7.76. The summed E-state index contributed by atoms with van der Waals surface area (Å²) < 4.78 is 11.4. The smallest absolute Gasteiger partial charge is 0.191 e. The molecule has 29 heavy (non-hydrogen) atoms. The van der Waals surface area contributed by atoms with Crippen LogP contribution >= 0.6 is 24.0 Å². The normalized spacial score (nSPS) is 16.2. The van der Waals surface area contributed by atoms with Crippen LogP contribution in [0.4, 0.5) is 0 Å². The van der Waals surface area contributed by atoms with Crippen LogP contribution in [0.15, 0.2) is 29.3 Å². The first-order valence-electron chi connectivity index (χ1n) is 11.0. The molecule has 2 rings (SSSR count). The van der Waals surface area contributed by atoms with Gasteiger partial charge < -0.3 is 20.1 Å². The van der Waals surface area contributed by atoms with Crippen molar-refractivity contribution in [1.82, 2.24) is 10.6 Å². The van der Waals surface area contributed by atoms with E-state index in [1.807, 2.05) is 7.05 Å². The molecule has 0 amide bonds. The van der Waals surface area contributed by atoms with Gasteiger partial charge in [-0.3, -0.25) is 4.99 Å². The van der Waals surface area contributed by atoms with Crippen LogP contribution in [0.25, 0.3) is 0 Å². The number of hydrogen-bond donors (Lipinski definition) is 2. The van der Waals surface area contributed by atoms with Crippen LogP contribution < -0.4 is 10.6 Å². The molecule has 0 aliphatic carbocycles. The Bertz CT molecular complexity index is 560. The van der Waals surface area contributed by atoms with Gasteiger partial charge in [0.25, 0.3) is 0 Å². The molecule has 2 N–H and O–H groups in total. The summed E-state index contributed by atoms with van der Waals surface area (Å²) in [7, 11) is 1.83. The average Bonchev–Trinajstić information content (AvgIpc) is 2.74. The molecule has 1 aliphatic rings. The molecule has 0 aromatic heterocycles. The minimum atomic E-state index is 0. The minimum absolute atomic E-state index is 0. The number of halogens is 1. The van der Waals surface area contributed by atoms with Gasteiger partial charge in [-0.25, -0.2) is 0 Å². The number of aliphatic imine (C=N–C) groups is 1. The molecule has 1 aromatic carbocycles. The molecule has 1 aliphatic heterocycles. The third-order valence-corrected chi connectivity index (χ3v) is 5.23. The SMILES string of the molecule is CCCCCCC(C)NC(=NC)NCc1ccc(COC2CCOCC2)cc1.I. The molecule has 0 radical (unpaired) electrons. The summed E-state index contributed by atoms with van der Waals surface area (Å²) in [5.41, 5.74) is 2.46. The number of nitrogens with one attached hydrogen (secondary N) is 2. The molecule has 1 saturated heterocycles. The molecule has 0 spiro atoms. The van der Waals surface area contributed by atoms with Crippen molar-refractivity contribution < 1.29 is 9.47 Å². The Balaban J connectivity index is 0.00000420. The summed E-state index contributed by atoms with van der Waals surface area (Å²) in [5, 5.41) is 6.91. The molecule has 1 aromatic rings. The van der Waals surface area contributed by atoms with E-state index in [1.165, 1.54) is 43.2 Å². The van der Waals surface area contributed by atoms with Crippen molar-refractivity contribution in [3.63, 3.8) is 0 Å². The van der Waals surface area contributed by atoms with Gasteiger partial charge in [0, 0.05) is 32.8 Å². The first-order valence-corrected chi connectivity index (χ1v) is 11.0. The topological polar surface area (TPSA) is 54.9 Å². The number of nitrogens with zero attached hydrogens (tertiary/aromatic N) is 1. The Morgan fingerprint density at radius 2 is 1.83 bits per heavy atom. The summed E-state index contributed by atoms with van der Waals surface area (Å²) in [4.78, 5) is 4.35. The minimum Gasteiger partial charge on any atom is -0.381 e. The molecule has 5 nitrogen and oxygen atoms in total. The zero-order chi connectivity index (χ0) is 20.0. The lowest BCUT2D eigenvalue weighted by Crippen LogP contribution is -2.41. The van der Waals surface area contributed by atoms with E-state index in [0.717, 1.165) is 38.6 Å². The first-order chi connectivity index (χ1) is 13.7. The van der Waals surface area contributed by atoms with Gasteiger partial charge in [-0.15, -0.1) is 24.0 Å². The van der Waals surface area contributed by atoms with Gasteiger partial charge in [0.2, 0.25) is 0 Å². The van der Waals surface area contributed by atoms with Crippen LogP contribution in [0.3, 0.4) is 0 Å². The molecule has 166 valence electrons. The monoisotopic (exact) mass is 517 g/mol. The van der Waals surface area contributed by atoms with Crippen molar-refractivity contribution in [2.24, 2.45) is 4.99 Å². The largest absolute Gasteiger partial charge is 0.381 e. The van der Waals surface area contributed by atoms with Gasteiger partial charge in [0.1, 0.15) is 0 Å². The number of guanidine groups is 1. The van der Waals surface area contributed by atoms with Crippen molar-refractivity contribution in [3.8, 4) is 0 Å².